The van der Waals surface area contributed by atoms with Crippen molar-refractivity contribution in [2.75, 3.05) is 11.6 Å². The lowest BCUT2D eigenvalue weighted by atomic mass is 10.1. The standard InChI is InChI=1S/C18H23N3O3S/c1-11-10-12(2)19-14(4)17(11)21-18(22)20-13(3)15-6-8-16(9-7-15)25(5,23)24/h6-10,13H,1-5H3,(H2,20,21,22). The quantitative estimate of drug-likeness (QED) is 0.874. The predicted octanol–water partition coefficient (Wildman–Crippen LogP) is 3.29. The lowest BCUT2D eigenvalue weighted by Gasteiger charge is -2.17. The molecule has 2 amide bonds. The molecule has 1 aromatic heterocycles. The maximum atomic E-state index is 12.3. The molecule has 25 heavy (non-hydrogen) atoms. The summed E-state index contributed by atoms with van der Waals surface area (Å²) in [7, 11) is -3.23. The van der Waals surface area contributed by atoms with Crippen molar-refractivity contribution in [3.63, 3.8) is 0 Å². The lowest BCUT2D eigenvalue weighted by Crippen LogP contribution is -2.31. The number of hydrogen-bond acceptors (Lipinski definition) is 4. The van der Waals surface area contributed by atoms with Crippen LogP contribution in [0.3, 0.4) is 0 Å². The van der Waals surface area contributed by atoms with Crippen molar-refractivity contribution in [2.24, 2.45) is 0 Å². The third-order valence-corrected chi connectivity index (χ3v) is 5.05. The van der Waals surface area contributed by atoms with Gasteiger partial charge in [-0.3, -0.25) is 4.98 Å². The third kappa shape index (κ3) is 4.79. The second-order valence-electron chi connectivity index (χ2n) is 6.20. The van der Waals surface area contributed by atoms with Gasteiger partial charge in [0.2, 0.25) is 0 Å². The normalized spacial score (nSPS) is 12.5. The third-order valence-electron chi connectivity index (χ3n) is 3.92. The number of carbonyl (C=O) groups excluding carboxylic acids is 1. The van der Waals surface area contributed by atoms with Crippen molar-refractivity contribution in [3.05, 3.63) is 52.8 Å². The van der Waals surface area contributed by atoms with E-state index in [-0.39, 0.29) is 17.0 Å². The number of amides is 2. The molecule has 2 rings (SSSR count). The average molecular weight is 361 g/mol. The molecular formula is C18H23N3O3S. The predicted molar refractivity (Wildman–Crippen MR) is 98.6 cm³/mol. The van der Waals surface area contributed by atoms with Gasteiger partial charge in [-0.15, -0.1) is 0 Å². The van der Waals surface area contributed by atoms with Gasteiger partial charge in [0.1, 0.15) is 0 Å². The SMILES string of the molecule is Cc1cc(C)c(NC(=O)NC(C)c2ccc(S(C)(=O)=O)cc2)c(C)n1. The number of pyridine rings is 1. The highest BCUT2D eigenvalue weighted by Crippen LogP contribution is 2.20. The summed E-state index contributed by atoms with van der Waals surface area (Å²) in [6.07, 6.45) is 1.16. The fourth-order valence-electron chi connectivity index (χ4n) is 2.65. The Balaban J connectivity index is 2.08. The number of nitrogens with zero attached hydrogens (tertiary/aromatic N) is 1. The van der Waals surface area contributed by atoms with Gasteiger partial charge in [-0.05, 0) is 57.0 Å². The van der Waals surface area contributed by atoms with E-state index < -0.39 is 9.84 Å². The van der Waals surface area contributed by atoms with Gasteiger partial charge in [-0.25, -0.2) is 13.2 Å². The maximum absolute atomic E-state index is 12.3. The molecule has 0 aliphatic rings. The minimum atomic E-state index is -3.23. The Hall–Kier alpha value is -2.41. The molecule has 1 unspecified atom stereocenters. The van der Waals surface area contributed by atoms with Crippen LogP contribution in [0, 0.1) is 20.8 Å². The smallest absolute Gasteiger partial charge is 0.319 e. The summed E-state index contributed by atoms with van der Waals surface area (Å²) in [4.78, 5) is 16.9. The van der Waals surface area contributed by atoms with Crippen LogP contribution in [0.15, 0.2) is 35.2 Å². The number of aryl methyl sites for hydroxylation is 3. The highest BCUT2D eigenvalue weighted by Gasteiger charge is 2.14. The number of benzene rings is 1. The zero-order valence-corrected chi connectivity index (χ0v) is 15.9. The van der Waals surface area contributed by atoms with Crippen LogP contribution < -0.4 is 10.6 Å². The number of urea groups is 1. The Morgan fingerprint density at radius 3 is 2.24 bits per heavy atom. The topological polar surface area (TPSA) is 88.2 Å². The molecule has 1 heterocycles. The van der Waals surface area contributed by atoms with Crippen LogP contribution in [-0.2, 0) is 9.84 Å². The first-order chi connectivity index (χ1) is 11.6. The van der Waals surface area contributed by atoms with Gasteiger partial charge < -0.3 is 10.6 Å². The van der Waals surface area contributed by atoms with E-state index in [1.165, 1.54) is 0 Å². The molecule has 1 atom stereocenters. The number of nitrogens with one attached hydrogen (secondary N) is 2. The first-order valence-corrected chi connectivity index (χ1v) is 9.79. The summed E-state index contributed by atoms with van der Waals surface area (Å²) in [5.41, 5.74) is 4.13. The average Bonchev–Trinajstić information content (AvgIpc) is 2.50. The van der Waals surface area contributed by atoms with Gasteiger partial charge in [0.25, 0.3) is 0 Å². The Morgan fingerprint density at radius 1 is 1.12 bits per heavy atom. The van der Waals surface area contributed by atoms with Crippen LogP contribution in [0.25, 0.3) is 0 Å². The van der Waals surface area contributed by atoms with Crippen LogP contribution in [0.1, 0.15) is 35.5 Å². The number of carbonyl (C=O) groups is 1. The minimum absolute atomic E-state index is 0.255. The number of rotatable bonds is 4. The van der Waals surface area contributed by atoms with Crippen molar-refractivity contribution >= 4 is 21.6 Å². The number of aromatic nitrogens is 1. The van der Waals surface area contributed by atoms with Gasteiger partial charge in [0, 0.05) is 11.9 Å². The summed E-state index contributed by atoms with van der Waals surface area (Å²) < 4.78 is 23.0. The van der Waals surface area contributed by atoms with E-state index in [2.05, 4.69) is 15.6 Å². The van der Waals surface area contributed by atoms with E-state index in [4.69, 9.17) is 0 Å². The van der Waals surface area contributed by atoms with E-state index in [0.717, 1.165) is 28.8 Å². The fraction of sp³-hybridized carbons (Fsp3) is 0.333. The van der Waals surface area contributed by atoms with Crippen molar-refractivity contribution in [1.82, 2.24) is 10.3 Å². The van der Waals surface area contributed by atoms with Crippen molar-refractivity contribution in [3.8, 4) is 0 Å². The van der Waals surface area contributed by atoms with Crippen molar-refractivity contribution in [1.29, 1.82) is 0 Å². The highest BCUT2D eigenvalue weighted by atomic mass is 32.2. The molecule has 0 fully saturated rings. The highest BCUT2D eigenvalue weighted by molar-refractivity contribution is 7.90. The number of hydrogen-bond donors (Lipinski definition) is 2. The number of anilines is 1. The van der Waals surface area contributed by atoms with E-state index in [1.54, 1.807) is 24.3 Å². The summed E-state index contributed by atoms with van der Waals surface area (Å²) in [6, 6.07) is 7.79. The molecule has 6 nitrogen and oxygen atoms in total. The maximum Gasteiger partial charge on any atom is 0.319 e. The summed E-state index contributed by atoms with van der Waals surface area (Å²) in [5, 5.41) is 5.68. The fourth-order valence-corrected chi connectivity index (χ4v) is 3.28. The van der Waals surface area contributed by atoms with E-state index in [9.17, 15) is 13.2 Å². The second-order valence-corrected chi connectivity index (χ2v) is 8.22. The molecule has 7 heteroatoms. The zero-order valence-electron chi connectivity index (χ0n) is 15.0. The second kappa shape index (κ2) is 7.23. The minimum Gasteiger partial charge on any atom is -0.331 e. The summed E-state index contributed by atoms with van der Waals surface area (Å²) >= 11 is 0. The van der Waals surface area contributed by atoms with Gasteiger partial charge in [-0.1, -0.05) is 12.1 Å². The molecule has 1 aromatic carbocycles. The molecule has 0 radical (unpaired) electrons. The molecule has 2 aromatic rings. The van der Waals surface area contributed by atoms with Crippen LogP contribution in [0.4, 0.5) is 10.5 Å². The van der Waals surface area contributed by atoms with Gasteiger partial charge in [0.15, 0.2) is 9.84 Å². The van der Waals surface area contributed by atoms with Crippen LogP contribution >= 0.6 is 0 Å². The molecule has 0 bridgehead atoms. The van der Waals surface area contributed by atoms with E-state index >= 15 is 0 Å². The molecule has 0 saturated carbocycles. The zero-order chi connectivity index (χ0) is 18.8. The van der Waals surface area contributed by atoms with Crippen LogP contribution in [0.5, 0.6) is 0 Å². The Labute approximate surface area is 148 Å². The van der Waals surface area contributed by atoms with E-state index in [1.807, 2.05) is 33.8 Å². The summed E-state index contributed by atoms with van der Waals surface area (Å²) in [6.45, 7) is 7.52. The van der Waals surface area contributed by atoms with Crippen LogP contribution in [-0.4, -0.2) is 25.7 Å². The monoisotopic (exact) mass is 361 g/mol. The molecule has 134 valence electrons. The molecule has 2 N–H and O–H groups in total. The largest absolute Gasteiger partial charge is 0.331 e. The van der Waals surface area contributed by atoms with Crippen molar-refractivity contribution in [2.45, 2.75) is 38.6 Å². The molecule has 0 saturated heterocycles. The summed E-state index contributed by atoms with van der Waals surface area (Å²) in [5.74, 6) is 0. The first-order valence-electron chi connectivity index (χ1n) is 7.90. The van der Waals surface area contributed by atoms with E-state index in [0.29, 0.717) is 5.69 Å². The lowest BCUT2D eigenvalue weighted by molar-refractivity contribution is 0.249. The Kier molecular flexibility index (Phi) is 5.47. The first kappa shape index (κ1) is 18.9. The van der Waals surface area contributed by atoms with Crippen LogP contribution in [0.2, 0.25) is 0 Å². The molecule has 0 aliphatic heterocycles. The molecule has 0 spiro atoms. The molecule has 0 aliphatic carbocycles. The Morgan fingerprint density at radius 2 is 1.72 bits per heavy atom. The van der Waals surface area contributed by atoms with Gasteiger partial charge in [0.05, 0.1) is 22.3 Å². The van der Waals surface area contributed by atoms with Crippen molar-refractivity contribution < 1.29 is 13.2 Å². The molecular weight excluding hydrogens is 338 g/mol. The number of sulfone groups is 1. The van der Waals surface area contributed by atoms with Gasteiger partial charge in [-0.2, -0.15) is 0 Å². The van der Waals surface area contributed by atoms with Gasteiger partial charge >= 0.3 is 6.03 Å². The Bertz CT molecular complexity index is 867.